The number of aryl methyl sites for hydroxylation is 1. The Morgan fingerprint density at radius 2 is 1.63 bits per heavy atom. The van der Waals surface area contributed by atoms with Crippen LogP contribution in [0.25, 0.3) is 0 Å². The molecule has 0 unspecified atom stereocenters. The first-order valence-corrected chi connectivity index (χ1v) is 9.68. The number of phenols is 1. The van der Waals surface area contributed by atoms with Gasteiger partial charge in [0.25, 0.3) is 0 Å². The highest BCUT2D eigenvalue weighted by molar-refractivity contribution is 5.82. The van der Waals surface area contributed by atoms with Crippen molar-refractivity contribution in [2.75, 3.05) is 0 Å². The van der Waals surface area contributed by atoms with Crippen LogP contribution in [0.3, 0.4) is 0 Å². The molecule has 0 heterocycles. The smallest absolute Gasteiger partial charge is 0.153 e. The summed E-state index contributed by atoms with van der Waals surface area (Å²) in [5, 5.41) is 18.8. The van der Waals surface area contributed by atoms with E-state index in [1.54, 1.807) is 12.1 Å². The van der Waals surface area contributed by atoms with E-state index in [0.29, 0.717) is 17.5 Å². The van der Waals surface area contributed by atoms with Gasteiger partial charge in [0.05, 0.1) is 16.9 Å². The van der Waals surface area contributed by atoms with Crippen LogP contribution < -0.4 is 0 Å². The van der Waals surface area contributed by atoms with Crippen molar-refractivity contribution in [3.05, 3.63) is 53.1 Å². The zero-order valence-electron chi connectivity index (χ0n) is 16.8. The lowest BCUT2D eigenvalue weighted by Crippen LogP contribution is -2.12. The molecular weight excluding hydrogens is 336 g/mol. The average molecular weight is 367 g/mol. The van der Waals surface area contributed by atoms with Crippen molar-refractivity contribution < 1.29 is 9.90 Å². The van der Waals surface area contributed by atoms with Crippen LogP contribution in [0.5, 0.6) is 5.75 Å². The van der Waals surface area contributed by atoms with Gasteiger partial charge in [-0.3, -0.25) is 4.79 Å². The molecule has 0 saturated carbocycles. The van der Waals surface area contributed by atoms with Crippen LogP contribution in [0.1, 0.15) is 74.9 Å². The van der Waals surface area contributed by atoms with Crippen LogP contribution in [-0.2, 0) is 11.8 Å². The number of rotatable bonds is 8. The second-order valence-corrected chi connectivity index (χ2v) is 7.98. The summed E-state index contributed by atoms with van der Waals surface area (Å²) in [6.45, 7) is 8.17. The van der Waals surface area contributed by atoms with Crippen LogP contribution in [0, 0.1) is 0 Å². The Morgan fingerprint density at radius 3 is 2.22 bits per heavy atom. The number of hydrogen-bond donors (Lipinski definition) is 1. The zero-order chi connectivity index (χ0) is 19.9. The Bertz CT molecular complexity index is 787. The first kappa shape index (κ1) is 20.8. The maximum Gasteiger partial charge on any atom is 0.153 e. The second kappa shape index (κ2) is 9.45. The highest BCUT2D eigenvalue weighted by Crippen LogP contribution is 2.36. The molecule has 0 spiro atoms. The van der Waals surface area contributed by atoms with Gasteiger partial charge in [-0.2, -0.15) is 10.2 Å². The van der Waals surface area contributed by atoms with Crippen LogP contribution in [0.4, 0.5) is 11.4 Å². The van der Waals surface area contributed by atoms with Gasteiger partial charge >= 0.3 is 0 Å². The van der Waals surface area contributed by atoms with Gasteiger partial charge in [-0.25, -0.2) is 0 Å². The number of azo groups is 1. The third kappa shape index (κ3) is 6.02. The molecule has 0 fully saturated rings. The number of unbranched alkanes of at least 4 members (excludes halogenated alkanes) is 3. The summed E-state index contributed by atoms with van der Waals surface area (Å²) in [6.07, 6.45) is 6.77. The molecule has 4 nitrogen and oxygen atoms in total. The molecule has 0 aliphatic heterocycles. The first-order valence-electron chi connectivity index (χ1n) is 9.68. The third-order valence-electron chi connectivity index (χ3n) is 4.60. The molecule has 27 heavy (non-hydrogen) atoms. The van der Waals surface area contributed by atoms with Gasteiger partial charge in [-0.1, -0.05) is 59.1 Å². The predicted molar refractivity (Wildman–Crippen MR) is 111 cm³/mol. The SMILES string of the molecule is CCCCCCc1ccc(N=Nc2cc(C=O)c(O)c(C(C)(C)C)c2)cc1. The molecule has 0 radical (unpaired) electrons. The number of hydrogen-bond acceptors (Lipinski definition) is 4. The van der Waals surface area contributed by atoms with Crippen molar-refractivity contribution >= 4 is 17.7 Å². The van der Waals surface area contributed by atoms with Gasteiger partial charge < -0.3 is 5.11 Å². The van der Waals surface area contributed by atoms with E-state index in [2.05, 4.69) is 29.3 Å². The largest absolute Gasteiger partial charge is 0.507 e. The van der Waals surface area contributed by atoms with E-state index in [1.165, 1.54) is 31.2 Å². The predicted octanol–water partition coefficient (Wildman–Crippen LogP) is 7.04. The molecule has 1 N–H and O–H groups in total. The maximum absolute atomic E-state index is 11.3. The first-order chi connectivity index (χ1) is 12.8. The highest BCUT2D eigenvalue weighted by Gasteiger charge is 2.21. The van der Waals surface area contributed by atoms with Gasteiger partial charge in [-0.05, 0) is 48.1 Å². The number of carbonyl (C=O) groups is 1. The van der Waals surface area contributed by atoms with Gasteiger partial charge in [0.2, 0.25) is 0 Å². The number of aromatic hydroxyl groups is 1. The summed E-state index contributed by atoms with van der Waals surface area (Å²) in [5.41, 5.74) is 3.26. The molecule has 0 atom stereocenters. The van der Waals surface area contributed by atoms with E-state index in [1.807, 2.05) is 32.9 Å². The fourth-order valence-electron chi connectivity index (χ4n) is 2.96. The van der Waals surface area contributed by atoms with E-state index in [4.69, 9.17) is 0 Å². The molecule has 0 amide bonds. The molecule has 2 rings (SSSR count). The van der Waals surface area contributed by atoms with Crippen LogP contribution in [0.2, 0.25) is 0 Å². The number of benzene rings is 2. The van der Waals surface area contributed by atoms with Crippen molar-refractivity contribution in [1.29, 1.82) is 0 Å². The average Bonchev–Trinajstić information content (AvgIpc) is 2.64. The fraction of sp³-hybridized carbons (Fsp3) is 0.435. The van der Waals surface area contributed by atoms with E-state index in [9.17, 15) is 9.90 Å². The second-order valence-electron chi connectivity index (χ2n) is 7.98. The zero-order valence-corrected chi connectivity index (χ0v) is 16.8. The van der Waals surface area contributed by atoms with E-state index in [-0.39, 0.29) is 16.7 Å². The Kier molecular flexibility index (Phi) is 7.28. The number of carbonyl (C=O) groups excluding carboxylic acids is 1. The Balaban J connectivity index is 2.14. The van der Waals surface area contributed by atoms with Crippen molar-refractivity contribution in [3.8, 4) is 5.75 Å². The Morgan fingerprint density at radius 1 is 0.963 bits per heavy atom. The molecule has 0 aliphatic carbocycles. The summed E-state index contributed by atoms with van der Waals surface area (Å²) in [5.74, 6) is 0.0175. The van der Waals surface area contributed by atoms with Crippen molar-refractivity contribution in [2.24, 2.45) is 10.2 Å². The summed E-state index contributed by atoms with van der Waals surface area (Å²) < 4.78 is 0. The standard InChI is InChI=1S/C23H30N2O2/c1-5-6-7-8-9-17-10-12-19(13-11-17)24-25-20-14-18(16-26)22(27)21(15-20)23(2,3)4/h10-16,27H,5-9H2,1-4H3. The molecule has 0 saturated heterocycles. The highest BCUT2D eigenvalue weighted by atomic mass is 16.3. The fourth-order valence-corrected chi connectivity index (χ4v) is 2.96. The lowest BCUT2D eigenvalue weighted by Gasteiger charge is -2.21. The molecule has 2 aromatic rings. The number of phenolic OH excluding ortho intramolecular Hbond substituents is 1. The van der Waals surface area contributed by atoms with Crippen LogP contribution in [-0.4, -0.2) is 11.4 Å². The van der Waals surface area contributed by atoms with Crippen LogP contribution >= 0.6 is 0 Å². The molecule has 0 bridgehead atoms. The summed E-state index contributed by atoms with van der Waals surface area (Å²) in [6, 6.07) is 11.5. The normalized spacial score (nSPS) is 11.9. The van der Waals surface area contributed by atoms with Gasteiger partial charge in [-0.15, -0.1) is 0 Å². The van der Waals surface area contributed by atoms with Gasteiger partial charge in [0.1, 0.15) is 5.75 Å². The molecule has 0 aliphatic rings. The third-order valence-corrected chi connectivity index (χ3v) is 4.60. The van der Waals surface area contributed by atoms with Gasteiger partial charge in [0.15, 0.2) is 6.29 Å². The number of aldehydes is 1. The molecule has 2 aromatic carbocycles. The van der Waals surface area contributed by atoms with E-state index < -0.39 is 0 Å². The Hall–Kier alpha value is -2.49. The molecule has 4 heteroatoms. The van der Waals surface area contributed by atoms with Gasteiger partial charge in [0, 0.05) is 5.56 Å². The quantitative estimate of drug-likeness (QED) is 0.309. The minimum absolute atomic E-state index is 0.0175. The number of nitrogens with zero attached hydrogens (tertiary/aromatic N) is 2. The monoisotopic (exact) mass is 366 g/mol. The van der Waals surface area contributed by atoms with Crippen LogP contribution in [0.15, 0.2) is 46.6 Å². The summed E-state index contributed by atoms with van der Waals surface area (Å²) in [7, 11) is 0. The topological polar surface area (TPSA) is 62.0 Å². The van der Waals surface area contributed by atoms with Crippen molar-refractivity contribution in [1.82, 2.24) is 0 Å². The molecule has 144 valence electrons. The Labute approximate surface area is 162 Å². The van der Waals surface area contributed by atoms with E-state index in [0.717, 1.165) is 12.1 Å². The molecular formula is C23H30N2O2. The minimum Gasteiger partial charge on any atom is -0.507 e. The minimum atomic E-state index is -0.299. The molecule has 0 aromatic heterocycles. The van der Waals surface area contributed by atoms with E-state index >= 15 is 0 Å². The maximum atomic E-state index is 11.3. The lowest BCUT2D eigenvalue weighted by atomic mass is 9.85. The summed E-state index contributed by atoms with van der Waals surface area (Å²) in [4.78, 5) is 11.3. The summed E-state index contributed by atoms with van der Waals surface area (Å²) >= 11 is 0. The lowest BCUT2D eigenvalue weighted by molar-refractivity contribution is 0.112. The van der Waals surface area contributed by atoms with Crippen molar-refractivity contribution in [2.45, 2.75) is 65.2 Å². The van der Waals surface area contributed by atoms with Crippen molar-refractivity contribution in [3.63, 3.8) is 0 Å².